The van der Waals surface area contributed by atoms with E-state index in [2.05, 4.69) is 10.3 Å². The molecule has 1 heterocycles. The van der Waals surface area contributed by atoms with Crippen molar-refractivity contribution in [3.05, 3.63) is 47.9 Å². The Hall–Kier alpha value is -2.15. The van der Waals surface area contributed by atoms with Gasteiger partial charge in [-0.05, 0) is 37.3 Å². The van der Waals surface area contributed by atoms with Gasteiger partial charge in [-0.2, -0.15) is 0 Å². The van der Waals surface area contributed by atoms with Crippen LogP contribution in [0.2, 0.25) is 0 Å². The van der Waals surface area contributed by atoms with Crippen molar-refractivity contribution in [3.63, 3.8) is 0 Å². The highest BCUT2D eigenvalue weighted by Crippen LogP contribution is 2.28. The van der Waals surface area contributed by atoms with Crippen LogP contribution in [0.25, 0.3) is 0 Å². The monoisotopic (exact) mass is 337 g/mol. The standard InChI is InChI=1S/C16H20FN3O2S/c1-11(14-9-12(17)5-7-15(14)20(2)3)19-16-8-6-13(10-18-16)23(4,21)22/h5-11H,1-4H3,(H,18,19). The van der Waals surface area contributed by atoms with Crippen LogP contribution >= 0.6 is 0 Å². The number of anilines is 2. The summed E-state index contributed by atoms with van der Waals surface area (Å²) in [7, 11) is 0.513. The number of halogens is 1. The first-order valence-corrected chi connectivity index (χ1v) is 8.97. The Balaban J connectivity index is 2.25. The number of benzene rings is 1. The second-order valence-corrected chi connectivity index (χ2v) is 7.63. The molecule has 2 rings (SSSR count). The van der Waals surface area contributed by atoms with Crippen LogP contribution in [-0.4, -0.2) is 33.8 Å². The smallest absolute Gasteiger partial charge is 0.177 e. The molecule has 5 nitrogen and oxygen atoms in total. The first-order chi connectivity index (χ1) is 10.7. The molecule has 0 aliphatic rings. The van der Waals surface area contributed by atoms with Gasteiger partial charge >= 0.3 is 0 Å². The predicted octanol–water partition coefficient (Wildman–Crippen LogP) is 2.86. The lowest BCUT2D eigenvalue weighted by atomic mass is 10.1. The Morgan fingerprint density at radius 2 is 1.91 bits per heavy atom. The summed E-state index contributed by atoms with van der Waals surface area (Å²) in [6.07, 6.45) is 2.44. The third-order valence-corrected chi connectivity index (χ3v) is 4.56. The van der Waals surface area contributed by atoms with Crippen LogP contribution in [0.1, 0.15) is 18.5 Å². The highest BCUT2D eigenvalue weighted by Gasteiger charge is 2.14. The molecule has 0 radical (unpaired) electrons. The lowest BCUT2D eigenvalue weighted by Crippen LogP contribution is -2.16. The number of rotatable bonds is 5. The number of hydrogen-bond donors (Lipinski definition) is 1. The second-order valence-electron chi connectivity index (χ2n) is 5.61. The van der Waals surface area contributed by atoms with Crippen molar-refractivity contribution < 1.29 is 12.8 Å². The maximum Gasteiger partial charge on any atom is 0.177 e. The van der Waals surface area contributed by atoms with Gasteiger partial charge in [-0.3, -0.25) is 0 Å². The van der Waals surface area contributed by atoms with Crippen LogP contribution in [0.15, 0.2) is 41.4 Å². The minimum atomic E-state index is -3.27. The third-order valence-electron chi connectivity index (χ3n) is 3.47. The number of hydrogen-bond acceptors (Lipinski definition) is 5. The van der Waals surface area contributed by atoms with E-state index in [0.717, 1.165) is 17.5 Å². The molecule has 7 heteroatoms. The summed E-state index contributed by atoms with van der Waals surface area (Å²) < 4.78 is 36.4. The Labute approximate surface area is 136 Å². The molecule has 2 aromatic rings. The molecule has 124 valence electrons. The van der Waals surface area contributed by atoms with Crippen molar-refractivity contribution in [2.24, 2.45) is 0 Å². The molecule has 1 atom stereocenters. The van der Waals surface area contributed by atoms with E-state index < -0.39 is 9.84 Å². The first-order valence-electron chi connectivity index (χ1n) is 7.08. The van der Waals surface area contributed by atoms with E-state index >= 15 is 0 Å². The van der Waals surface area contributed by atoms with E-state index in [1.165, 1.54) is 24.4 Å². The topological polar surface area (TPSA) is 62.3 Å². The molecule has 0 saturated carbocycles. The minimum Gasteiger partial charge on any atom is -0.377 e. The van der Waals surface area contributed by atoms with Gasteiger partial charge < -0.3 is 10.2 Å². The van der Waals surface area contributed by atoms with Gasteiger partial charge in [-0.1, -0.05) is 0 Å². The van der Waals surface area contributed by atoms with Crippen molar-refractivity contribution >= 4 is 21.3 Å². The first kappa shape index (κ1) is 17.2. The number of sulfone groups is 1. The van der Waals surface area contributed by atoms with Crippen LogP contribution in [-0.2, 0) is 9.84 Å². The van der Waals surface area contributed by atoms with Gasteiger partial charge in [0.05, 0.1) is 10.9 Å². The molecule has 0 aliphatic heterocycles. The molecule has 23 heavy (non-hydrogen) atoms. The fourth-order valence-corrected chi connectivity index (χ4v) is 2.82. The van der Waals surface area contributed by atoms with Crippen LogP contribution in [0, 0.1) is 5.82 Å². The molecule has 0 bridgehead atoms. The number of nitrogens with one attached hydrogen (secondary N) is 1. The molecular weight excluding hydrogens is 317 g/mol. The highest BCUT2D eigenvalue weighted by molar-refractivity contribution is 7.90. The third kappa shape index (κ3) is 4.19. The normalized spacial score (nSPS) is 12.7. The SMILES string of the molecule is CC(Nc1ccc(S(C)(=O)=O)cn1)c1cc(F)ccc1N(C)C. The van der Waals surface area contributed by atoms with Crippen molar-refractivity contribution in [2.45, 2.75) is 17.9 Å². The Kier molecular flexibility index (Phi) is 4.89. The quantitative estimate of drug-likeness (QED) is 0.909. The summed E-state index contributed by atoms with van der Waals surface area (Å²) >= 11 is 0. The molecule has 0 fully saturated rings. The average molecular weight is 337 g/mol. The van der Waals surface area contributed by atoms with E-state index in [-0.39, 0.29) is 16.8 Å². The average Bonchev–Trinajstić information content (AvgIpc) is 2.46. The molecule has 1 aromatic heterocycles. The van der Waals surface area contributed by atoms with Gasteiger partial charge in [0.15, 0.2) is 9.84 Å². The van der Waals surface area contributed by atoms with Crippen LogP contribution in [0.3, 0.4) is 0 Å². The molecule has 1 N–H and O–H groups in total. The molecule has 0 saturated heterocycles. The van der Waals surface area contributed by atoms with E-state index in [1.54, 1.807) is 12.1 Å². The Bertz CT molecular complexity index is 789. The highest BCUT2D eigenvalue weighted by atomic mass is 32.2. The predicted molar refractivity (Wildman–Crippen MR) is 90.1 cm³/mol. The van der Waals surface area contributed by atoms with E-state index in [9.17, 15) is 12.8 Å². The summed E-state index contributed by atoms with van der Waals surface area (Å²) in [6, 6.07) is 7.53. The Morgan fingerprint density at radius 3 is 2.43 bits per heavy atom. The summed E-state index contributed by atoms with van der Waals surface area (Å²) in [5, 5.41) is 3.16. The zero-order valence-electron chi connectivity index (χ0n) is 13.5. The molecule has 0 amide bonds. The van der Waals surface area contributed by atoms with Crippen molar-refractivity contribution in [1.29, 1.82) is 0 Å². The summed E-state index contributed by atoms with van der Waals surface area (Å²) in [5.74, 6) is 0.221. The zero-order chi connectivity index (χ0) is 17.2. The molecular formula is C16H20FN3O2S. The van der Waals surface area contributed by atoms with Gasteiger partial charge in [0.25, 0.3) is 0 Å². The van der Waals surface area contributed by atoms with Gasteiger partial charge in [0.1, 0.15) is 11.6 Å². The van der Waals surface area contributed by atoms with Crippen molar-refractivity contribution in [3.8, 4) is 0 Å². The van der Waals surface area contributed by atoms with E-state index in [0.29, 0.717) is 5.82 Å². The fraction of sp³-hybridized carbons (Fsp3) is 0.312. The van der Waals surface area contributed by atoms with Gasteiger partial charge in [-0.15, -0.1) is 0 Å². The van der Waals surface area contributed by atoms with Gasteiger partial charge in [0.2, 0.25) is 0 Å². The largest absolute Gasteiger partial charge is 0.377 e. The maximum atomic E-state index is 13.6. The van der Waals surface area contributed by atoms with Crippen molar-refractivity contribution in [1.82, 2.24) is 4.98 Å². The number of pyridine rings is 1. The molecule has 0 spiro atoms. The molecule has 1 aromatic carbocycles. The number of aromatic nitrogens is 1. The van der Waals surface area contributed by atoms with E-state index in [1.807, 2.05) is 25.9 Å². The second kappa shape index (κ2) is 6.54. The van der Waals surface area contributed by atoms with Gasteiger partial charge in [-0.25, -0.2) is 17.8 Å². The lowest BCUT2D eigenvalue weighted by molar-refractivity contribution is 0.601. The number of nitrogens with zero attached hydrogens (tertiary/aromatic N) is 2. The summed E-state index contributed by atoms with van der Waals surface area (Å²) in [5.41, 5.74) is 1.70. The molecule has 0 aliphatic carbocycles. The maximum absolute atomic E-state index is 13.6. The molecule has 1 unspecified atom stereocenters. The lowest BCUT2D eigenvalue weighted by Gasteiger charge is -2.23. The van der Waals surface area contributed by atoms with Crippen molar-refractivity contribution in [2.75, 3.05) is 30.6 Å². The van der Waals surface area contributed by atoms with E-state index in [4.69, 9.17) is 0 Å². The summed E-state index contributed by atoms with van der Waals surface area (Å²) in [6.45, 7) is 1.90. The minimum absolute atomic E-state index is 0.162. The Morgan fingerprint density at radius 1 is 1.22 bits per heavy atom. The van der Waals surface area contributed by atoms with Crippen LogP contribution in [0.5, 0.6) is 0 Å². The van der Waals surface area contributed by atoms with Crippen LogP contribution in [0.4, 0.5) is 15.9 Å². The van der Waals surface area contributed by atoms with Gasteiger partial charge in [0, 0.05) is 37.8 Å². The summed E-state index contributed by atoms with van der Waals surface area (Å²) in [4.78, 5) is 6.18. The van der Waals surface area contributed by atoms with Crippen LogP contribution < -0.4 is 10.2 Å². The fourth-order valence-electron chi connectivity index (χ4n) is 2.26. The zero-order valence-corrected chi connectivity index (χ0v) is 14.4.